The van der Waals surface area contributed by atoms with E-state index in [4.69, 9.17) is 16.9 Å². The van der Waals surface area contributed by atoms with Gasteiger partial charge in [-0.25, -0.2) is 13.1 Å². The lowest BCUT2D eigenvalue weighted by atomic mass is 10.1. The molecule has 5 nitrogen and oxygen atoms in total. The molecule has 8 heteroatoms. The fourth-order valence-electron chi connectivity index (χ4n) is 1.98. The minimum atomic E-state index is -3.60. The van der Waals surface area contributed by atoms with Crippen molar-refractivity contribution in [2.45, 2.75) is 23.8 Å². The molecule has 0 radical (unpaired) electrons. The molecular weight excluding hydrogens is 321 g/mol. The third kappa shape index (κ3) is 4.08. The molecule has 1 fully saturated rings. The Kier molecular flexibility index (Phi) is 6.24. The molecule has 0 bridgehead atoms. The number of nitrogens with zero attached hydrogens (tertiary/aromatic N) is 1. The molecule has 0 spiro atoms. The van der Waals surface area contributed by atoms with E-state index in [9.17, 15) is 8.42 Å². The molecule has 0 unspecified atom stereocenters. The zero-order valence-corrected chi connectivity index (χ0v) is 13.0. The van der Waals surface area contributed by atoms with Crippen LogP contribution in [0.2, 0.25) is 5.02 Å². The first-order chi connectivity index (χ1) is 9.03. The van der Waals surface area contributed by atoms with Crippen LogP contribution in [0.5, 0.6) is 0 Å². The lowest BCUT2D eigenvalue weighted by Crippen LogP contribution is -2.42. The van der Waals surface area contributed by atoms with Crippen LogP contribution in [0.25, 0.3) is 0 Å². The zero-order chi connectivity index (χ0) is 13.9. The van der Waals surface area contributed by atoms with Gasteiger partial charge in [0.1, 0.15) is 6.07 Å². The SMILES string of the molecule is Cl.N#Cc1cc(S(=O)(=O)NC2CCNCC2)ccc1Cl. The Morgan fingerprint density at radius 3 is 2.60 bits per heavy atom. The standard InChI is InChI=1S/C12H14ClN3O2S.ClH/c13-12-2-1-11(7-9(12)8-14)19(17,18)16-10-3-5-15-6-4-10;/h1-2,7,10,15-16H,3-6H2;1H. The Labute approximate surface area is 129 Å². The number of nitriles is 1. The lowest BCUT2D eigenvalue weighted by molar-refractivity contribution is 0.427. The summed E-state index contributed by atoms with van der Waals surface area (Å²) in [6.45, 7) is 1.61. The maximum Gasteiger partial charge on any atom is 0.240 e. The van der Waals surface area contributed by atoms with Gasteiger partial charge in [0.15, 0.2) is 0 Å². The number of piperidine rings is 1. The summed E-state index contributed by atoms with van der Waals surface area (Å²) in [5, 5.41) is 12.3. The van der Waals surface area contributed by atoms with E-state index in [1.165, 1.54) is 18.2 Å². The number of hydrogen-bond acceptors (Lipinski definition) is 4. The summed E-state index contributed by atoms with van der Waals surface area (Å²) in [5.74, 6) is 0. The van der Waals surface area contributed by atoms with Crippen LogP contribution >= 0.6 is 24.0 Å². The molecule has 1 aliphatic rings. The summed E-state index contributed by atoms with van der Waals surface area (Å²) in [4.78, 5) is 0.0759. The van der Waals surface area contributed by atoms with Crippen LogP contribution in [0.15, 0.2) is 23.1 Å². The van der Waals surface area contributed by atoms with Gasteiger partial charge in [-0.1, -0.05) is 11.6 Å². The first-order valence-electron chi connectivity index (χ1n) is 5.95. The van der Waals surface area contributed by atoms with E-state index < -0.39 is 10.0 Å². The van der Waals surface area contributed by atoms with Crippen molar-refractivity contribution in [2.75, 3.05) is 13.1 Å². The van der Waals surface area contributed by atoms with Crippen LogP contribution in [0.3, 0.4) is 0 Å². The molecule has 2 N–H and O–H groups in total. The molecule has 0 aliphatic carbocycles. The third-order valence-electron chi connectivity index (χ3n) is 3.03. The highest BCUT2D eigenvalue weighted by atomic mass is 35.5. The summed E-state index contributed by atoms with van der Waals surface area (Å²) in [5.41, 5.74) is 0.162. The van der Waals surface area contributed by atoms with E-state index >= 15 is 0 Å². The lowest BCUT2D eigenvalue weighted by Gasteiger charge is -2.23. The van der Waals surface area contributed by atoms with E-state index in [0.717, 1.165) is 25.9 Å². The number of halogens is 2. The molecule has 110 valence electrons. The highest BCUT2D eigenvalue weighted by Crippen LogP contribution is 2.20. The fraction of sp³-hybridized carbons (Fsp3) is 0.417. The van der Waals surface area contributed by atoms with Gasteiger partial charge in [-0.2, -0.15) is 5.26 Å². The Hall–Kier alpha value is -0.840. The predicted octanol–water partition coefficient (Wildman–Crippen LogP) is 1.66. The molecule has 0 amide bonds. The maximum absolute atomic E-state index is 12.2. The fourth-order valence-corrected chi connectivity index (χ4v) is 3.48. The summed E-state index contributed by atoms with van der Waals surface area (Å²) < 4.78 is 27.1. The minimum absolute atomic E-state index is 0. The quantitative estimate of drug-likeness (QED) is 0.880. The van der Waals surface area contributed by atoms with Crippen LogP contribution in [0.1, 0.15) is 18.4 Å². The van der Waals surface area contributed by atoms with E-state index in [1.807, 2.05) is 6.07 Å². The van der Waals surface area contributed by atoms with Gasteiger partial charge in [-0.15, -0.1) is 12.4 Å². The second kappa shape index (κ2) is 7.25. The second-order valence-electron chi connectivity index (χ2n) is 4.40. The van der Waals surface area contributed by atoms with Gasteiger partial charge in [0.25, 0.3) is 0 Å². The normalized spacial score (nSPS) is 16.2. The smallest absolute Gasteiger partial charge is 0.240 e. The summed E-state index contributed by atoms with van der Waals surface area (Å²) in [6, 6.07) is 5.95. The average Bonchev–Trinajstić information content (AvgIpc) is 2.39. The average molecular weight is 336 g/mol. The molecule has 2 rings (SSSR count). The molecule has 0 saturated carbocycles. The number of benzene rings is 1. The Balaban J connectivity index is 0.00000200. The highest BCUT2D eigenvalue weighted by Gasteiger charge is 2.22. The molecule has 0 atom stereocenters. The molecule has 1 saturated heterocycles. The van der Waals surface area contributed by atoms with Gasteiger partial charge in [0.05, 0.1) is 15.5 Å². The van der Waals surface area contributed by atoms with E-state index in [1.54, 1.807) is 0 Å². The van der Waals surface area contributed by atoms with E-state index in [0.29, 0.717) is 0 Å². The molecule has 1 aromatic carbocycles. The van der Waals surface area contributed by atoms with Crippen molar-refractivity contribution < 1.29 is 8.42 Å². The van der Waals surface area contributed by atoms with Crippen molar-refractivity contribution in [1.82, 2.24) is 10.0 Å². The monoisotopic (exact) mass is 335 g/mol. The zero-order valence-electron chi connectivity index (χ0n) is 10.6. The van der Waals surface area contributed by atoms with Crippen molar-refractivity contribution in [3.63, 3.8) is 0 Å². The second-order valence-corrected chi connectivity index (χ2v) is 6.52. The Morgan fingerprint density at radius 1 is 1.35 bits per heavy atom. The Bertz CT molecular complexity index is 608. The van der Waals surface area contributed by atoms with Crippen molar-refractivity contribution in [1.29, 1.82) is 5.26 Å². The van der Waals surface area contributed by atoms with Gasteiger partial charge >= 0.3 is 0 Å². The van der Waals surface area contributed by atoms with Gasteiger partial charge in [0, 0.05) is 6.04 Å². The minimum Gasteiger partial charge on any atom is -0.317 e. The summed E-state index contributed by atoms with van der Waals surface area (Å²) >= 11 is 5.79. The largest absolute Gasteiger partial charge is 0.317 e. The number of hydrogen-bond donors (Lipinski definition) is 2. The number of rotatable bonds is 3. The Morgan fingerprint density at radius 2 is 2.00 bits per heavy atom. The van der Waals surface area contributed by atoms with Crippen LogP contribution in [-0.4, -0.2) is 27.5 Å². The van der Waals surface area contributed by atoms with Crippen LogP contribution in [0, 0.1) is 11.3 Å². The van der Waals surface area contributed by atoms with E-state index in [-0.39, 0.29) is 33.9 Å². The van der Waals surface area contributed by atoms with Crippen molar-refractivity contribution in [2.24, 2.45) is 0 Å². The predicted molar refractivity (Wildman–Crippen MR) is 79.6 cm³/mol. The molecule has 1 heterocycles. The first-order valence-corrected chi connectivity index (χ1v) is 7.82. The highest BCUT2D eigenvalue weighted by molar-refractivity contribution is 7.89. The topological polar surface area (TPSA) is 82.0 Å². The maximum atomic E-state index is 12.2. The van der Waals surface area contributed by atoms with Gasteiger partial charge in [-0.3, -0.25) is 0 Å². The molecule has 1 aliphatic heterocycles. The number of sulfonamides is 1. The molecular formula is C12H15Cl2N3O2S. The molecule has 0 aromatic heterocycles. The van der Waals surface area contributed by atoms with Gasteiger partial charge in [0.2, 0.25) is 10.0 Å². The van der Waals surface area contributed by atoms with Crippen molar-refractivity contribution >= 4 is 34.0 Å². The van der Waals surface area contributed by atoms with Crippen LogP contribution < -0.4 is 10.0 Å². The van der Waals surface area contributed by atoms with Crippen LogP contribution in [0.4, 0.5) is 0 Å². The number of nitrogens with one attached hydrogen (secondary N) is 2. The third-order valence-corrected chi connectivity index (χ3v) is 4.88. The van der Waals surface area contributed by atoms with Crippen molar-refractivity contribution in [3.8, 4) is 6.07 Å². The van der Waals surface area contributed by atoms with Crippen molar-refractivity contribution in [3.05, 3.63) is 28.8 Å². The molecule has 20 heavy (non-hydrogen) atoms. The molecule has 1 aromatic rings. The van der Waals surface area contributed by atoms with E-state index in [2.05, 4.69) is 10.0 Å². The van der Waals surface area contributed by atoms with Gasteiger partial charge in [-0.05, 0) is 44.1 Å². The van der Waals surface area contributed by atoms with Gasteiger partial charge < -0.3 is 5.32 Å². The van der Waals surface area contributed by atoms with Crippen LogP contribution in [-0.2, 0) is 10.0 Å². The first kappa shape index (κ1) is 17.2. The summed E-state index contributed by atoms with van der Waals surface area (Å²) in [6.07, 6.45) is 1.52. The summed E-state index contributed by atoms with van der Waals surface area (Å²) in [7, 11) is -3.60.